The lowest BCUT2D eigenvalue weighted by molar-refractivity contribution is 0.447. The molecule has 2 rings (SSSR count). The van der Waals surface area contributed by atoms with Crippen molar-refractivity contribution in [1.82, 2.24) is 13.7 Å². The number of fused-ring (bicyclic) bond motifs is 1. The van der Waals surface area contributed by atoms with Gasteiger partial charge in [0.15, 0.2) is 0 Å². The lowest BCUT2D eigenvalue weighted by atomic mass is 10.4. The van der Waals surface area contributed by atoms with Gasteiger partial charge in [0.05, 0.1) is 21.8 Å². The second-order valence-corrected chi connectivity index (χ2v) is 3.02. The van der Waals surface area contributed by atoms with E-state index in [4.69, 9.17) is 0 Å². The Labute approximate surface area is 67.3 Å². The van der Waals surface area contributed by atoms with Crippen LogP contribution in [-0.4, -0.2) is 13.7 Å². The molecule has 0 N–H and O–H groups in total. The van der Waals surface area contributed by atoms with Crippen LogP contribution in [0.15, 0.2) is 18.5 Å². The van der Waals surface area contributed by atoms with Gasteiger partial charge in [0.1, 0.15) is 6.67 Å². The molecule has 0 unspecified atom stereocenters. The average molecular weight is 200 g/mol. The third kappa shape index (κ3) is 0.844. The van der Waals surface area contributed by atoms with E-state index in [-0.39, 0.29) is 0 Å². The highest BCUT2D eigenvalue weighted by molar-refractivity contribution is 9.07. The highest BCUT2D eigenvalue weighted by Gasteiger charge is 2.05. The van der Waals surface area contributed by atoms with Crippen LogP contribution in [0.1, 0.15) is 5.69 Å². The summed E-state index contributed by atoms with van der Waals surface area (Å²) in [5.41, 5.74) is 1.15. The molecule has 0 bridgehead atoms. The van der Waals surface area contributed by atoms with Gasteiger partial charge in [-0.05, 0) is 12.1 Å². The van der Waals surface area contributed by atoms with E-state index in [1.165, 1.54) is 0 Å². The van der Waals surface area contributed by atoms with Gasteiger partial charge in [-0.2, -0.15) is 5.10 Å². The van der Waals surface area contributed by atoms with Crippen LogP contribution in [0.25, 0.3) is 6.08 Å². The van der Waals surface area contributed by atoms with Crippen LogP contribution in [0, 0.1) is 0 Å². The third-order valence-electron chi connectivity index (χ3n) is 1.43. The lowest BCUT2D eigenvalue weighted by Gasteiger charge is -2.16. The fourth-order valence-electron chi connectivity index (χ4n) is 0.935. The molecule has 0 aliphatic carbocycles. The number of rotatable bonds is 0. The topological polar surface area (TPSA) is 21.1 Å². The average Bonchev–Trinajstić information content (AvgIpc) is 2.33. The second-order valence-electron chi connectivity index (χ2n) is 2.11. The molecule has 0 saturated carbocycles. The Morgan fingerprint density at radius 3 is 3.40 bits per heavy atom. The monoisotopic (exact) mass is 199 g/mol. The van der Waals surface area contributed by atoms with Gasteiger partial charge in [0.25, 0.3) is 0 Å². The van der Waals surface area contributed by atoms with Gasteiger partial charge in [-0.1, -0.05) is 0 Å². The smallest absolute Gasteiger partial charge is 0.122 e. The van der Waals surface area contributed by atoms with Crippen LogP contribution in [0.5, 0.6) is 0 Å². The largest absolute Gasteiger partial charge is 0.295 e. The van der Waals surface area contributed by atoms with E-state index in [0.717, 1.165) is 12.4 Å². The maximum Gasteiger partial charge on any atom is 0.122 e. The number of hydrogen-bond donors (Lipinski definition) is 0. The maximum atomic E-state index is 4.10. The van der Waals surface area contributed by atoms with E-state index >= 15 is 0 Å². The summed E-state index contributed by atoms with van der Waals surface area (Å²) in [5.74, 6) is 0. The predicted octanol–water partition coefficient (Wildman–Crippen LogP) is 1.44. The molecule has 4 heteroatoms. The predicted molar refractivity (Wildman–Crippen MR) is 42.0 cm³/mol. The van der Waals surface area contributed by atoms with Crippen LogP contribution >= 0.6 is 16.1 Å². The molecule has 1 aliphatic rings. The molecular weight excluding hydrogens is 194 g/mol. The van der Waals surface area contributed by atoms with Crippen molar-refractivity contribution < 1.29 is 0 Å². The van der Waals surface area contributed by atoms with Crippen molar-refractivity contribution in [1.29, 1.82) is 0 Å². The van der Waals surface area contributed by atoms with Crippen molar-refractivity contribution in [2.45, 2.75) is 6.67 Å². The maximum absolute atomic E-state index is 4.10. The Bertz CT molecular complexity index is 266. The fraction of sp³-hybridized carbons (Fsp3) is 0.167. The summed E-state index contributed by atoms with van der Waals surface area (Å²) in [6.07, 6.45) is 5.77. The second kappa shape index (κ2) is 2.12. The molecule has 1 aliphatic heterocycles. The Balaban J connectivity index is 2.43. The SMILES string of the molecule is BrN1C=Cc2ccnn2C1. The van der Waals surface area contributed by atoms with Crippen LogP contribution in [0.2, 0.25) is 0 Å². The number of aromatic nitrogens is 2. The number of nitrogens with zero attached hydrogens (tertiary/aromatic N) is 3. The minimum Gasteiger partial charge on any atom is -0.295 e. The molecule has 0 atom stereocenters. The summed E-state index contributed by atoms with van der Waals surface area (Å²) in [5, 5.41) is 4.10. The first kappa shape index (κ1) is 5.97. The normalized spacial score (nSPS) is 15.5. The molecule has 0 amide bonds. The number of halogens is 1. The molecule has 0 radical (unpaired) electrons. The van der Waals surface area contributed by atoms with E-state index in [9.17, 15) is 0 Å². The molecule has 0 aromatic carbocycles. The summed E-state index contributed by atoms with van der Waals surface area (Å²) in [4.78, 5) is 0. The highest BCUT2D eigenvalue weighted by atomic mass is 79.9. The van der Waals surface area contributed by atoms with E-state index in [2.05, 4.69) is 21.2 Å². The van der Waals surface area contributed by atoms with E-state index in [0.29, 0.717) is 0 Å². The number of hydrogen-bond acceptors (Lipinski definition) is 2. The molecule has 0 spiro atoms. The molecular formula is C6H6BrN3. The summed E-state index contributed by atoms with van der Waals surface area (Å²) in [6, 6.07) is 1.98. The first-order valence-electron chi connectivity index (χ1n) is 2.99. The zero-order valence-electron chi connectivity index (χ0n) is 5.24. The molecule has 2 heterocycles. The molecule has 52 valence electrons. The van der Waals surface area contributed by atoms with Crippen molar-refractivity contribution >= 4 is 22.2 Å². The summed E-state index contributed by atoms with van der Waals surface area (Å²) >= 11 is 3.33. The minimum absolute atomic E-state index is 0.777. The van der Waals surface area contributed by atoms with Gasteiger partial charge >= 0.3 is 0 Å². The van der Waals surface area contributed by atoms with E-state index in [1.807, 2.05) is 27.0 Å². The van der Waals surface area contributed by atoms with Gasteiger partial charge in [0, 0.05) is 12.4 Å². The fourth-order valence-corrected chi connectivity index (χ4v) is 1.27. The minimum atomic E-state index is 0.777. The van der Waals surface area contributed by atoms with Gasteiger partial charge in [0.2, 0.25) is 0 Å². The standard InChI is InChI=1S/C6H6BrN3/c7-9-4-2-6-1-3-8-10(6)5-9/h1-4H,5H2. The first-order valence-corrected chi connectivity index (χ1v) is 3.69. The van der Waals surface area contributed by atoms with Gasteiger partial charge in [-0.25, -0.2) is 4.68 Å². The quantitative estimate of drug-likeness (QED) is 0.590. The molecule has 0 saturated heterocycles. The van der Waals surface area contributed by atoms with Gasteiger partial charge in [-0.3, -0.25) is 3.93 Å². The molecule has 10 heavy (non-hydrogen) atoms. The first-order chi connectivity index (χ1) is 4.86. The van der Waals surface area contributed by atoms with Crippen molar-refractivity contribution in [2.24, 2.45) is 0 Å². The Hall–Kier alpha value is -0.770. The van der Waals surface area contributed by atoms with Gasteiger partial charge in [-0.15, -0.1) is 0 Å². The van der Waals surface area contributed by atoms with Crippen LogP contribution < -0.4 is 0 Å². The third-order valence-corrected chi connectivity index (χ3v) is 1.89. The molecule has 1 aromatic rings. The van der Waals surface area contributed by atoms with E-state index in [1.54, 1.807) is 6.20 Å². The molecule has 3 nitrogen and oxygen atoms in total. The summed E-state index contributed by atoms with van der Waals surface area (Å²) in [6.45, 7) is 0.777. The zero-order chi connectivity index (χ0) is 6.97. The zero-order valence-corrected chi connectivity index (χ0v) is 6.82. The Morgan fingerprint density at radius 1 is 1.60 bits per heavy atom. The van der Waals surface area contributed by atoms with Crippen LogP contribution in [-0.2, 0) is 6.67 Å². The molecule has 1 aromatic heterocycles. The van der Waals surface area contributed by atoms with Crippen molar-refractivity contribution in [2.75, 3.05) is 0 Å². The lowest BCUT2D eigenvalue weighted by Crippen LogP contribution is -2.16. The van der Waals surface area contributed by atoms with E-state index < -0.39 is 0 Å². The Morgan fingerprint density at radius 2 is 2.50 bits per heavy atom. The van der Waals surface area contributed by atoms with Crippen LogP contribution in [0.4, 0.5) is 0 Å². The van der Waals surface area contributed by atoms with Crippen molar-refractivity contribution in [3.05, 3.63) is 24.2 Å². The summed E-state index contributed by atoms with van der Waals surface area (Å²) < 4.78 is 3.81. The highest BCUT2D eigenvalue weighted by Crippen LogP contribution is 2.13. The van der Waals surface area contributed by atoms with Crippen LogP contribution in [0.3, 0.4) is 0 Å². The Kier molecular flexibility index (Phi) is 1.27. The summed E-state index contributed by atoms with van der Waals surface area (Å²) in [7, 11) is 0. The van der Waals surface area contributed by atoms with Crippen molar-refractivity contribution in [3.63, 3.8) is 0 Å². The van der Waals surface area contributed by atoms with Crippen molar-refractivity contribution in [3.8, 4) is 0 Å². The van der Waals surface area contributed by atoms with Gasteiger partial charge < -0.3 is 0 Å². The molecule has 0 fully saturated rings.